The third-order valence-electron chi connectivity index (χ3n) is 3.11. The average molecular weight is 210 g/mol. The van der Waals surface area contributed by atoms with Crippen molar-refractivity contribution in [2.45, 2.75) is 53.9 Å². The predicted molar refractivity (Wildman–Crippen MR) is 61.7 cm³/mol. The quantitative estimate of drug-likeness (QED) is 0.489. The highest BCUT2D eigenvalue weighted by Gasteiger charge is 2.37. The topological polar surface area (TPSA) is 37.3 Å². The summed E-state index contributed by atoms with van der Waals surface area (Å²) < 4.78 is 0. The Hall–Kier alpha value is -0.790. The molecule has 1 N–H and O–H groups in total. The molecule has 0 unspecified atom stereocenters. The lowest BCUT2D eigenvalue weighted by Gasteiger charge is -2.32. The van der Waals surface area contributed by atoms with Gasteiger partial charge in [-0.15, -0.1) is 0 Å². The molecule has 86 valence electrons. The van der Waals surface area contributed by atoms with Crippen molar-refractivity contribution < 1.29 is 9.90 Å². The van der Waals surface area contributed by atoms with Crippen LogP contribution >= 0.6 is 0 Å². The first-order chi connectivity index (χ1) is 6.66. The standard InChI is InChI=1S/C13H22O2/c1-12(2,3)10(14)9-7-6-8-13(4,5)11(9)15/h14H,6-8H2,1-5H3. The molecule has 0 bridgehead atoms. The maximum Gasteiger partial charge on any atom is 0.167 e. The van der Waals surface area contributed by atoms with Crippen molar-refractivity contribution in [1.82, 2.24) is 0 Å². The van der Waals surface area contributed by atoms with E-state index in [1.165, 1.54) is 0 Å². The minimum Gasteiger partial charge on any atom is -0.511 e. The van der Waals surface area contributed by atoms with Crippen LogP contribution in [-0.2, 0) is 4.79 Å². The summed E-state index contributed by atoms with van der Waals surface area (Å²) in [5.41, 5.74) is 0.0318. The highest BCUT2D eigenvalue weighted by atomic mass is 16.3. The van der Waals surface area contributed by atoms with E-state index in [1.807, 2.05) is 34.6 Å². The Morgan fingerprint density at radius 2 is 1.87 bits per heavy atom. The first-order valence-corrected chi connectivity index (χ1v) is 5.63. The van der Waals surface area contributed by atoms with Crippen LogP contribution in [0.1, 0.15) is 53.9 Å². The van der Waals surface area contributed by atoms with Gasteiger partial charge >= 0.3 is 0 Å². The van der Waals surface area contributed by atoms with Gasteiger partial charge in [0.15, 0.2) is 5.78 Å². The number of carbonyl (C=O) groups is 1. The van der Waals surface area contributed by atoms with Crippen LogP contribution in [0.3, 0.4) is 0 Å². The van der Waals surface area contributed by atoms with Gasteiger partial charge in [-0.3, -0.25) is 4.79 Å². The summed E-state index contributed by atoms with van der Waals surface area (Å²) in [7, 11) is 0. The second-order valence-electron chi connectivity index (χ2n) is 6.14. The lowest BCUT2D eigenvalue weighted by molar-refractivity contribution is -0.125. The van der Waals surface area contributed by atoms with Crippen molar-refractivity contribution in [3.05, 3.63) is 11.3 Å². The van der Waals surface area contributed by atoms with Crippen LogP contribution in [0.5, 0.6) is 0 Å². The largest absolute Gasteiger partial charge is 0.511 e. The van der Waals surface area contributed by atoms with Crippen molar-refractivity contribution >= 4 is 5.78 Å². The van der Waals surface area contributed by atoms with E-state index in [0.717, 1.165) is 19.3 Å². The maximum atomic E-state index is 12.1. The smallest absolute Gasteiger partial charge is 0.167 e. The molecule has 0 atom stereocenters. The minimum atomic E-state index is -0.321. The van der Waals surface area contributed by atoms with Crippen LogP contribution in [0, 0.1) is 10.8 Å². The van der Waals surface area contributed by atoms with E-state index in [2.05, 4.69) is 0 Å². The molecule has 0 aromatic heterocycles. The molecule has 1 saturated carbocycles. The number of Topliss-reactive ketones (excluding diaryl/α,β-unsaturated/α-hetero) is 1. The van der Waals surface area contributed by atoms with E-state index < -0.39 is 0 Å². The third-order valence-corrected chi connectivity index (χ3v) is 3.11. The van der Waals surface area contributed by atoms with Crippen molar-refractivity contribution in [2.75, 3.05) is 0 Å². The molecule has 0 spiro atoms. The molecule has 0 radical (unpaired) electrons. The molecule has 15 heavy (non-hydrogen) atoms. The monoisotopic (exact) mass is 210 g/mol. The Labute approximate surface area is 92.4 Å². The Morgan fingerprint density at radius 3 is 2.33 bits per heavy atom. The van der Waals surface area contributed by atoms with Gasteiger partial charge in [-0.1, -0.05) is 34.6 Å². The first kappa shape index (κ1) is 12.3. The maximum absolute atomic E-state index is 12.1. The number of rotatable bonds is 0. The van der Waals surface area contributed by atoms with E-state index >= 15 is 0 Å². The van der Waals surface area contributed by atoms with Gasteiger partial charge in [0.05, 0.1) is 0 Å². The zero-order chi connectivity index (χ0) is 11.9. The Kier molecular flexibility index (Phi) is 2.99. The molecule has 0 heterocycles. The van der Waals surface area contributed by atoms with Crippen molar-refractivity contribution in [2.24, 2.45) is 10.8 Å². The molecule has 1 aliphatic carbocycles. The second-order valence-corrected chi connectivity index (χ2v) is 6.14. The van der Waals surface area contributed by atoms with Gasteiger partial charge < -0.3 is 5.11 Å². The minimum absolute atomic E-state index is 0.126. The molecule has 1 rings (SSSR count). The third kappa shape index (κ3) is 2.42. The average Bonchev–Trinajstić information content (AvgIpc) is 2.07. The van der Waals surface area contributed by atoms with Crippen LogP contribution < -0.4 is 0 Å². The molecule has 1 aliphatic rings. The lowest BCUT2D eigenvalue weighted by atomic mass is 9.72. The molecule has 0 aliphatic heterocycles. The molecular weight excluding hydrogens is 188 g/mol. The Balaban J connectivity index is 3.11. The molecule has 0 amide bonds. The Morgan fingerprint density at radius 1 is 1.33 bits per heavy atom. The number of hydrogen-bond donors (Lipinski definition) is 1. The van der Waals surface area contributed by atoms with Gasteiger partial charge in [0.25, 0.3) is 0 Å². The fourth-order valence-corrected chi connectivity index (χ4v) is 2.02. The Bertz CT molecular complexity index is 303. The highest BCUT2D eigenvalue weighted by molar-refractivity contribution is 6.00. The number of allylic oxidation sites excluding steroid dienone is 2. The van der Waals surface area contributed by atoms with Gasteiger partial charge in [0.2, 0.25) is 0 Å². The summed E-state index contributed by atoms with van der Waals surface area (Å²) >= 11 is 0. The van der Waals surface area contributed by atoms with Crippen molar-refractivity contribution in [1.29, 1.82) is 0 Å². The summed E-state index contributed by atoms with van der Waals surface area (Å²) in [6.07, 6.45) is 2.65. The van der Waals surface area contributed by atoms with Gasteiger partial charge in [-0.2, -0.15) is 0 Å². The van der Waals surface area contributed by atoms with Gasteiger partial charge in [-0.05, 0) is 19.3 Å². The van der Waals surface area contributed by atoms with E-state index in [4.69, 9.17) is 0 Å². The molecular formula is C13H22O2. The molecule has 2 heteroatoms. The SMILES string of the molecule is CC(C)(C)C(O)=C1CCCC(C)(C)C1=O. The van der Waals surface area contributed by atoms with Crippen molar-refractivity contribution in [3.63, 3.8) is 0 Å². The summed E-state index contributed by atoms with van der Waals surface area (Å²) in [5, 5.41) is 10.1. The summed E-state index contributed by atoms with van der Waals surface area (Å²) in [4.78, 5) is 12.1. The number of carbonyl (C=O) groups excluding carboxylic acids is 1. The number of aliphatic hydroxyl groups is 1. The summed E-state index contributed by atoms with van der Waals surface area (Å²) in [6, 6.07) is 0. The van der Waals surface area contributed by atoms with E-state index in [1.54, 1.807) is 0 Å². The van der Waals surface area contributed by atoms with E-state index in [0.29, 0.717) is 5.57 Å². The van der Waals surface area contributed by atoms with Crippen LogP contribution in [-0.4, -0.2) is 10.9 Å². The van der Waals surface area contributed by atoms with Crippen molar-refractivity contribution in [3.8, 4) is 0 Å². The molecule has 0 aromatic carbocycles. The van der Waals surface area contributed by atoms with Crippen LogP contribution in [0.25, 0.3) is 0 Å². The summed E-state index contributed by atoms with van der Waals surface area (Å²) in [5.74, 6) is 0.404. The number of ketones is 1. The van der Waals surface area contributed by atoms with E-state index in [9.17, 15) is 9.90 Å². The lowest BCUT2D eigenvalue weighted by Crippen LogP contribution is -2.32. The fraction of sp³-hybridized carbons (Fsp3) is 0.769. The normalized spacial score (nSPS) is 25.3. The number of aliphatic hydroxyl groups excluding tert-OH is 1. The van der Waals surface area contributed by atoms with Gasteiger partial charge in [0, 0.05) is 16.4 Å². The van der Waals surface area contributed by atoms with Crippen LogP contribution in [0.15, 0.2) is 11.3 Å². The van der Waals surface area contributed by atoms with Crippen LogP contribution in [0.2, 0.25) is 0 Å². The fourth-order valence-electron chi connectivity index (χ4n) is 2.02. The zero-order valence-electron chi connectivity index (χ0n) is 10.5. The molecule has 0 saturated heterocycles. The molecule has 0 aromatic rings. The first-order valence-electron chi connectivity index (χ1n) is 5.63. The van der Waals surface area contributed by atoms with Gasteiger partial charge in [-0.25, -0.2) is 0 Å². The second kappa shape index (κ2) is 3.66. The van der Waals surface area contributed by atoms with Crippen LogP contribution in [0.4, 0.5) is 0 Å². The van der Waals surface area contributed by atoms with Gasteiger partial charge in [0.1, 0.15) is 5.76 Å². The molecule has 1 fully saturated rings. The predicted octanol–water partition coefficient (Wildman–Crippen LogP) is 3.62. The zero-order valence-corrected chi connectivity index (χ0v) is 10.5. The number of hydrogen-bond acceptors (Lipinski definition) is 2. The molecule has 2 nitrogen and oxygen atoms in total. The van der Waals surface area contributed by atoms with E-state index in [-0.39, 0.29) is 22.4 Å². The summed E-state index contributed by atoms with van der Waals surface area (Å²) in [6.45, 7) is 9.73. The highest BCUT2D eigenvalue weighted by Crippen LogP contribution is 2.39.